The minimum Gasteiger partial charge on any atom is -0.443 e. The van der Waals surface area contributed by atoms with Crippen LogP contribution in [0.25, 0.3) is 11.1 Å². The van der Waals surface area contributed by atoms with E-state index in [1.54, 1.807) is 45.0 Å². The Bertz CT molecular complexity index is 1540. The lowest BCUT2D eigenvalue weighted by Crippen LogP contribution is -2.41. The minimum absolute atomic E-state index is 0.0516. The van der Waals surface area contributed by atoms with Crippen molar-refractivity contribution in [1.29, 1.82) is 0 Å². The largest absolute Gasteiger partial charge is 0.443 e. The first kappa shape index (κ1) is 23.2. The van der Waals surface area contributed by atoms with Gasteiger partial charge in [-0.1, -0.05) is 36.4 Å². The monoisotopic (exact) mass is 491 g/mol. The number of amides is 1. The maximum atomic E-state index is 13.7. The van der Waals surface area contributed by atoms with Gasteiger partial charge >= 0.3 is 0 Å². The van der Waals surface area contributed by atoms with Crippen molar-refractivity contribution in [3.63, 3.8) is 0 Å². The number of nitrogens with zero attached hydrogens (tertiary/aromatic N) is 2. The van der Waals surface area contributed by atoms with E-state index in [2.05, 4.69) is 9.71 Å². The quantitative estimate of drug-likeness (QED) is 0.440. The van der Waals surface area contributed by atoms with E-state index in [0.717, 1.165) is 11.1 Å². The molecule has 4 aromatic rings. The number of aromatic nitrogens is 1. The van der Waals surface area contributed by atoms with Crippen molar-refractivity contribution in [1.82, 2.24) is 9.71 Å². The molecule has 2 heterocycles. The van der Waals surface area contributed by atoms with Crippen LogP contribution in [0.5, 0.6) is 0 Å². The van der Waals surface area contributed by atoms with E-state index >= 15 is 0 Å². The standard InChI is InChI=1S/C26H25N3O5S/c1-25(2,3)28-35(32,33)19-11-9-18(10-12-19)26(31)20-6-4-5-7-22(20)29(24(26)30)15-17-8-13-21-23(14-17)34-16-27-21/h4-14,16,28,31H,15H2,1-3H3. The van der Waals surface area contributed by atoms with E-state index < -0.39 is 27.1 Å². The fourth-order valence-electron chi connectivity index (χ4n) is 4.39. The van der Waals surface area contributed by atoms with Crippen LogP contribution >= 0.6 is 0 Å². The number of hydrogen-bond acceptors (Lipinski definition) is 6. The number of nitrogens with one attached hydrogen (secondary N) is 1. The highest BCUT2D eigenvalue weighted by atomic mass is 32.2. The number of rotatable bonds is 5. The first-order valence-corrected chi connectivity index (χ1v) is 12.6. The summed E-state index contributed by atoms with van der Waals surface area (Å²) in [6.45, 7) is 5.48. The van der Waals surface area contributed by atoms with Gasteiger partial charge in [0.2, 0.25) is 10.0 Å². The van der Waals surface area contributed by atoms with Crippen LogP contribution in [0, 0.1) is 0 Å². The Morgan fingerprint density at radius 1 is 1.06 bits per heavy atom. The average molecular weight is 492 g/mol. The molecule has 0 bridgehead atoms. The lowest BCUT2D eigenvalue weighted by atomic mass is 9.87. The van der Waals surface area contributed by atoms with Gasteiger partial charge in [-0.05, 0) is 62.2 Å². The number of oxazole rings is 1. The second-order valence-corrected chi connectivity index (χ2v) is 11.3. The highest BCUT2D eigenvalue weighted by Crippen LogP contribution is 2.45. The normalized spacial score (nSPS) is 18.3. The van der Waals surface area contributed by atoms with Crippen LogP contribution in [-0.2, 0) is 27.0 Å². The Hall–Kier alpha value is -3.53. The summed E-state index contributed by atoms with van der Waals surface area (Å²) in [6, 6.07) is 18.3. The molecule has 0 aliphatic carbocycles. The first-order chi connectivity index (χ1) is 16.5. The summed E-state index contributed by atoms with van der Waals surface area (Å²) in [5.41, 5.74) is 0.859. The number of benzene rings is 3. The molecule has 8 nitrogen and oxygen atoms in total. The van der Waals surface area contributed by atoms with E-state index in [0.29, 0.717) is 16.8 Å². The van der Waals surface area contributed by atoms with E-state index in [1.165, 1.54) is 35.6 Å². The summed E-state index contributed by atoms with van der Waals surface area (Å²) in [5.74, 6) is -0.514. The van der Waals surface area contributed by atoms with Crippen LogP contribution in [0.2, 0.25) is 0 Å². The molecular weight excluding hydrogens is 466 g/mol. The third-order valence-electron chi connectivity index (χ3n) is 5.90. The molecule has 35 heavy (non-hydrogen) atoms. The van der Waals surface area contributed by atoms with Crippen molar-refractivity contribution in [2.75, 3.05) is 4.90 Å². The first-order valence-electron chi connectivity index (χ1n) is 11.1. The van der Waals surface area contributed by atoms with E-state index in [-0.39, 0.29) is 17.0 Å². The Balaban J connectivity index is 1.51. The van der Waals surface area contributed by atoms with Crippen molar-refractivity contribution < 1.29 is 22.7 Å². The molecule has 0 saturated carbocycles. The molecule has 1 aliphatic rings. The van der Waals surface area contributed by atoms with Crippen LogP contribution in [0.4, 0.5) is 5.69 Å². The molecule has 0 saturated heterocycles. The maximum Gasteiger partial charge on any atom is 0.268 e. The SMILES string of the molecule is CC(C)(C)NS(=O)(=O)c1ccc(C2(O)C(=O)N(Cc3ccc4ncoc4c3)c3ccccc32)cc1. The molecule has 1 aliphatic heterocycles. The lowest BCUT2D eigenvalue weighted by Gasteiger charge is -2.24. The molecule has 3 aromatic carbocycles. The van der Waals surface area contributed by atoms with Crippen LogP contribution in [0.3, 0.4) is 0 Å². The summed E-state index contributed by atoms with van der Waals surface area (Å²) in [4.78, 5) is 19.4. The van der Waals surface area contributed by atoms with Gasteiger partial charge in [0, 0.05) is 11.1 Å². The molecule has 0 radical (unpaired) electrons. The molecule has 1 atom stereocenters. The molecule has 1 unspecified atom stereocenters. The van der Waals surface area contributed by atoms with Crippen molar-refractivity contribution in [2.24, 2.45) is 0 Å². The van der Waals surface area contributed by atoms with Gasteiger partial charge in [-0.3, -0.25) is 4.79 Å². The summed E-state index contributed by atoms with van der Waals surface area (Å²) < 4.78 is 33.4. The fourth-order valence-corrected chi connectivity index (χ4v) is 5.81. The van der Waals surface area contributed by atoms with Gasteiger partial charge in [0.25, 0.3) is 5.91 Å². The Kier molecular flexibility index (Phi) is 5.32. The Labute approximate surface area is 203 Å². The molecular formula is C26H25N3O5S. The van der Waals surface area contributed by atoms with Gasteiger partial charge in [0.05, 0.1) is 17.1 Å². The molecule has 1 amide bonds. The van der Waals surface area contributed by atoms with Gasteiger partial charge in [0.1, 0.15) is 5.52 Å². The van der Waals surface area contributed by atoms with Crippen LogP contribution < -0.4 is 9.62 Å². The predicted octanol–water partition coefficient (Wildman–Crippen LogP) is 3.69. The molecule has 9 heteroatoms. The molecule has 180 valence electrons. The molecule has 0 fully saturated rings. The number of sulfonamides is 1. The number of aliphatic hydroxyl groups is 1. The highest BCUT2D eigenvalue weighted by molar-refractivity contribution is 7.89. The van der Waals surface area contributed by atoms with Crippen LogP contribution in [-0.4, -0.2) is 30.0 Å². The molecule has 5 rings (SSSR count). The van der Waals surface area contributed by atoms with E-state index in [9.17, 15) is 18.3 Å². The van der Waals surface area contributed by atoms with E-state index in [4.69, 9.17) is 4.42 Å². The summed E-state index contributed by atoms with van der Waals surface area (Å²) in [5, 5.41) is 11.8. The third-order valence-corrected chi connectivity index (χ3v) is 7.67. The summed E-state index contributed by atoms with van der Waals surface area (Å²) >= 11 is 0. The second-order valence-electron chi connectivity index (χ2n) is 9.65. The molecule has 2 N–H and O–H groups in total. The van der Waals surface area contributed by atoms with Crippen molar-refractivity contribution in [2.45, 2.75) is 43.4 Å². The molecule has 1 aromatic heterocycles. The highest BCUT2D eigenvalue weighted by Gasteiger charge is 2.51. The number of anilines is 1. The van der Waals surface area contributed by atoms with Crippen LogP contribution in [0.1, 0.15) is 37.5 Å². The van der Waals surface area contributed by atoms with Crippen molar-refractivity contribution in [3.05, 3.63) is 89.8 Å². The molecule has 0 spiro atoms. The Morgan fingerprint density at radius 2 is 1.77 bits per heavy atom. The average Bonchev–Trinajstić information content (AvgIpc) is 3.35. The topological polar surface area (TPSA) is 113 Å². The second kappa shape index (κ2) is 8.01. The maximum absolute atomic E-state index is 13.7. The van der Waals surface area contributed by atoms with Gasteiger partial charge < -0.3 is 14.4 Å². The third kappa shape index (κ3) is 4.01. The summed E-state index contributed by atoms with van der Waals surface area (Å²) in [6.07, 6.45) is 1.37. The van der Waals surface area contributed by atoms with Crippen LogP contribution in [0.15, 0.2) is 82.4 Å². The number of para-hydroxylation sites is 1. The van der Waals surface area contributed by atoms with Crippen molar-refractivity contribution in [3.8, 4) is 0 Å². The lowest BCUT2D eigenvalue weighted by molar-refractivity contribution is -0.132. The number of hydrogen-bond donors (Lipinski definition) is 2. The zero-order valence-electron chi connectivity index (χ0n) is 19.5. The van der Waals surface area contributed by atoms with Gasteiger partial charge in [-0.2, -0.15) is 0 Å². The van der Waals surface area contributed by atoms with E-state index in [1.807, 2.05) is 18.2 Å². The van der Waals surface area contributed by atoms with Crippen molar-refractivity contribution >= 4 is 32.7 Å². The number of carbonyl (C=O) groups is 1. The Morgan fingerprint density at radius 3 is 2.49 bits per heavy atom. The zero-order valence-corrected chi connectivity index (χ0v) is 20.3. The zero-order chi connectivity index (χ0) is 25.0. The minimum atomic E-state index is -3.76. The van der Waals surface area contributed by atoms with Gasteiger partial charge in [-0.25, -0.2) is 18.1 Å². The number of fused-ring (bicyclic) bond motifs is 2. The van der Waals surface area contributed by atoms with Gasteiger partial charge in [0.15, 0.2) is 17.6 Å². The van der Waals surface area contributed by atoms with Gasteiger partial charge in [-0.15, -0.1) is 0 Å². The fraction of sp³-hybridized carbons (Fsp3) is 0.231. The summed E-state index contributed by atoms with van der Waals surface area (Å²) in [7, 11) is -3.76. The predicted molar refractivity (Wildman–Crippen MR) is 131 cm³/mol. The number of carbonyl (C=O) groups excluding carboxylic acids is 1. The smallest absolute Gasteiger partial charge is 0.268 e.